The van der Waals surface area contributed by atoms with Gasteiger partial charge in [-0.05, 0) is 42.8 Å². The normalized spacial score (nSPS) is 16.4. The molecule has 0 amide bonds. The van der Waals surface area contributed by atoms with Crippen molar-refractivity contribution < 1.29 is 4.92 Å². The van der Waals surface area contributed by atoms with Crippen molar-refractivity contribution in [2.75, 3.05) is 11.9 Å². The number of hydrogen-bond acceptors (Lipinski definition) is 5. The van der Waals surface area contributed by atoms with Crippen LogP contribution in [-0.2, 0) is 12.0 Å². The van der Waals surface area contributed by atoms with Gasteiger partial charge < -0.3 is 9.47 Å². The lowest BCUT2D eigenvalue weighted by Gasteiger charge is -2.22. The number of para-hydroxylation sites is 1. The Morgan fingerprint density at radius 3 is 2.55 bits per heavy atom. The molecule has 0 saturated heterocycles. The van der Waals surface area contributed by atoms with Crippen molar-refractivity contribution in [1.29, 1.82) is 0 Å². The van der Waals surface area contributed by atoms with Gasteiger partial charge in [-0.15, -0.1) is 0 Å². The molecule has 7 nitrogen and oxygen atoms in total. The molecule has 0 radical (unpaired) electrons. The number of nitro benzene ring substituents is 1. The van der Waals surface area contributed by atoms with Crippen molar-refractivity contribution >= 4 is 38.9 Å². The number of non-ortho nitro benzene ring substituents is 1. The Hall–Kier alpha value is -4.00. The molecular weight excluding hydrogens is 414 g/mol. The quantitative estimate of drug-likeness (QED) is 0.194. The van der Waals surface area contributed by atoms with Crippen LogP contribution in [0.3, 0.4) is 0 Å². The first-order chi connectivity index (χ1) is 15.8. The Morgan fingerprint density at radius 2 is 1.79 bits per heavy atom. The van der Waals surface area contributed by atoms with Crippen molar-refractivity contribution in [2.45, 2.75) is 32.7 Å². The summed E-state index contributed by atoms with van der Waals surface area (Å²) in [6.07, 6.45) is 1.76. The second kappa shape index (κ2) is 7.55. The molecule has 7 heteroatoms. The van der Waals surface area contributed by atoms with Crippen molar-refractivity contribution in [3.63, 3.8) is 0 Å². The molecular formula is C26H25N5O2. The van der Waals surface area contributed by atoms with Gasteiger partial charge in [0.15, 0.2) is 0 Å². The average molecular weight is 440 g/mol. The number of allylic oxidation sites excluding steroid dienone is 1. The summed E-state index contributed by atoms with van der Waals surface area (Å²) in [5.74, 6) is 0. The van der Waals surface area contributed by atoms with Crippen LogP contribution in [0.1, 0.15) is 26.3 Å². The number of aryl methyl sites for hydroxylation is 1. The van der Waals surface area contributed by atoms with E-state index in [0.717, 1.165) is 34.6 Å². The third-order valence-corrected chi connectivity index (χ3v) is 6.65. The molecule has 4 aromatic rings. The van der Waals surface area contributed by atoms with E-state index in [2.05, 4.69) is 58.1 Å². The number of hydrogen-bond donors (Lipinski definition) is 0. The number of likely N-dealkylation sites (N-methyl/N-ethyl adjacent to an activating group) is 1. The van der Waals surface area contributed by atoms with Gasteiger partial charge in [0.1, 0.15) is 0 Å². The van der Waals surface area contributed by atoms with Crippen LogP contribution >= 0.6 is 0 Å². The van der Waals surface area contributed by atoms with E-state index in [1.54, 1.807) is 18.3 Å². The molecule has 1 aliphatic rings. The van der Waals surface area contributed by atoms with Crippen LogP contribution in [0.15, 0.2) is 82.8 Å². The molecule has 0 spiro atoms. The third kappa shape index (κ3) is 3.19. The lowest BCUT2D eigenvalue weighted by molar-refractivity contribution is -0.384. The standard InChI is InChI=1S/C26H25N5O2/c1-5-30-22-9-7-6-8-19(22)20-14-17(10-12-23(20)30)28-27-16-25-26(2,3)21-15-18(31(32)33)11-13-24(21)29(25)4/h6-16H,5H2,1-4H3. The monoisotopic (exact) mass is 439 g/mol. The molecule has 0 atom stereocenters. The topological polar surface area (TPSA) is 76.0 Å². The molecule has 33 heavy (non-hydrogen) atoms. The highest BCUT2D eigenvalue weighted by atomic mass is 16.6. The zero-order chi connectivity index (χ0) is 23.3. The van der Waals surface area contributed by atoms with Gasteiger partial charge in [-0.1, -0.05) is 32.0 Å². The molecule has 0 saturated carbocycles. The number of nitro groups is 1. The molecule has 0 aliphatic carbocycles. The zero-order valence-corrected chi connectivity index (χ0v) is 19.1. The van der Waals surface area contributed by atoms with Gasteiger partial charge in [0, 0.05) is 64.3 Å². The van der Waals surface area contributed by atoms with E-state index < -0.39 is 5.41 Å². The second-order valence-electron chi connectivity index (χ2n) is 8.84. The number of aromatic nitrogens is 1. The molecule has 0 unspecified atom stereocenters. The minimum atomic E-state index is -0.423. The van der Waals surface area contributed by atoms with E-state index in [9.17, 15) is 10.1 Å². The van der Waals surface area contributed by atoms with Crippen molar-refractivity contribution in [3.8, 4) is 0 Å². The van der Waals surface area contributed by atoms with Gasteiger partial charge in [0.05, 0.1) is 16.8 Å². The van der Waals surface area contributed by atoms with Crippen LogP contribution in [-0.4, -0.2) is 16.5 Å². The molecule has 166 valence electrons. The number of anilines is 1. The summed E-state index contributed by atoms with van der Waals surface area (Å²) >= 11 is 0. The van der Waals surface area contributed by atoms with Crippen LogP contribution in [0.25, 0.3) is 21.8 Å². The highest BCUT2D eigenvalue weighted by Crippen LogP contribution is 2.48. The number of rotatable bonds is 4. The lowest BCUT2D eigenvalue weighted by atomic mass is 9.84. The smallest absolute Gasteiger partial charge is 0.269 e. The fraction of sp³-hybridized carbons (Fsp3) is 0.231. The van der Waals surface area contributed by atoms with Gasteiger partial charge in [-0.25, -0.2) is 0 Å². The Kier molecular flexibility index (Phi) is 4.78. The minimum Gasteiger partial charge on any atom is -0.346 e. The summed E-state index contributed by atoms with van der Waals surface area (Å²) in [5, 5.41) is 22.5. The summed E-state index contributed by atoms with van der Waals surface area (Å²) in [4.78, 5) is 12.9. The Morgan fingerprint density at radius 1 is 1.03 bits per heavy atom. The van der Waals surface area contributed by atoms with E-state index in [-0.39, 0.29) is 10.6 Å². The number of benzene rings is 3. The first-order valence-corrected chi connectivity index (χ1v) is 11.0. The first-order valence-electron chi connectivity index (χ1n) is 11.0. The Labute approximate surface area is 191 Å². The summed E-state index contributed by atoms with van der Waals surface area (Å²) in [5.41, 5.74) is 5.65. The van der Waals surface area contributed by atoms with Gasteiger partial charge in [0.25, 0.3) is 5.69 Å². The largest absolute Gasteiger partial charge is 0.346 e. The second-order valence-corrected chi connectivity index (χ2v) is 8.84. The summed E-state index contributed by atoms with van der Waals surface area (Å²) in [6.45, 7) is 7.15. The Balaban J connectivity index is 1.51. The summed E-state index contributed by atoms with van der Waals surface area (Å²) in [6, 6.07) is 19.5. The lowest BCUT2D eigenvalue weighted by Crippen LogP contribution is -2.22. The molecule has 3 aromatic carbocycles. The van der Waals surface area contributed by atoms with Gasteiger partial charge in [0.2, 0.25) is 0 Å². The van der Waals surface area contributed by atoms with E-state index in [1.807, 2.05) is 31.9 Å². The van der Waals surface area contributed by atoms with E-state index in [4.69, 9.17) is 0 Å². The minimum absolute atomic E-state index is 0.0950. The highest BCUT2D eigenvalue weighted by molar-refractivity contribution is 6.08. The van der Waals surface area contributed by atoms with Crippen LogP contribution in [0.2, 0.25) is 0 Å². The molecule has 0 N–H and O–H groups in total. The maximum absolute atomic E-state index is 11.2. The van der Waals surface area contributed by atoms with E-state index in [0.29, 0.717) is 0 Å². The molecule has 5 rings (SSSR count). The zero-order valence-electron chi connectivity index (χ0n) is 19.1. The maximum atomic E-state index is 11.2. The van der Waals surface area contributed by atoms with E-state index in [1.165, 1.54) is 22.5 Å². The third-order valence-electron chi connectivity index (χ3n) is 6.65. The molecule has 1 aliphatic heterocycles. The molecule has 0 bridgehead atoms. The van der Waals surface area contributed by atoms with Crippen LogP contribution in [0, 0.1) is 10.1 Å². The first kappa shape index (κ1) is 20.9. The fourth-order valence-electron chi connectivity index (χ4n) is 4.96. The van der Waals surface area contributed by atoms with Crippen molar-refractivity contribution in [3.05, 3.63) is 88.2 Å². The molecule has 1 aromatic heterocycles. The van der Waals surface area contributed by atoms with Gasteiger partial charge >= 0.3 is 0 Å². The maximum Gasteiger partial charge on any atom is 0.269 e. The number of fused-ring (bicyclic) bond motifs is 4. The predicted molar refractivity (Wildman–Crippen MR) is 132 cm³/mol. The van der Waals surface area contributed by atoms with Crippen LogP contribution in [0.4, 0.5) is 17.1 Å². The van der Waals surface area contributed by atoms with E-state index >= 15 is 0 Å². The SMILES string of the molecule is CCn1c2ccccc2c2cc(N=NC=C3N(C)c4ccc([N+](=O)[O-])cc4C3(C)C)ccc21. The van der Waals surface area contributed by atoms with Crippen molar-refractivity contribution in [1.82, 2.24) is 4.57 Å². The highest BCUT2D eigenvalue weighted by Gasteiger charge is 2.39. The van der Waals surface area contributed by atoms with Crippen LogP contribution < -0.4 is 4.90 Å². The van der Waals surface area contributed by atoms with Gasteiger partial charge in [-0.2, -0.15) is 10.2 Å². The Bertz CT molecular complexity index is 1480. The van der Waals surface area contributed by atoms with Crippen molar-refractivity contribution in [2.24, 2.45) is 10.2 Å². The van der Waals surface area contributed by atoms with Gasteiger partial charge in [-0.3, -0.25) is 10.1 Å². The summed E-state index contributed by atoms with van der Waals surface area (Å²) < 4.78 is 2.31. The fourth-order valence-corrected chi connectivity index (χ4v) is 4.96. The number of azo groups is 1. The summed E-state index contributed by atoms with van der Waals surface area (Å²) in [7, 11) is 1.95. The average Bonchev–Trinajstić information content (AvgIpc) is 3.22. The van der Waals surface area contributed by atoms with Crippen LogP contribution in [0.5, 0.6) is 0 Å². The number of nitrogens with zero attached hydrogens (tertiary/aromatic N) is 5. The predicted octanol–water partition coefficient (Wildman–Crippen LogP) is 7.08. The molecule has 0 fully saturated rings. The molecule has 2 heterocycles.